The van der Waals surface area contributed by atoms with Gasteiger partial charge in [0.15, 0.2) is 0 Å². The summed E-state index contributed by atoms with van der Waals surface area (Å²) < 4.78 is 51.8. The number of hydrogen-bond donors (Lipinski definition) is 1. The van der Waals surface area contributed by atoms with Crippen LogP contribution in [0.5, 0.6) is 0 Å². The molecule has 1 saturated heterocycles. The minimum absolute atomic E-state index is 0.113. The van der Waals surface area contributed by atoms with Crippen molar-refractivity contribution < 1.29 is 22.7 Å². The Hall–Kier alpha value is -1.14. The Bertz CT molecular complexity index is 555. The minimum atomic E-state index is -4.75. The van der Waals surface area contributed by atoms with Crippen LogP contribution in [-0.4, -0.2) is 28.6 Å². The summed E-state index contributed by atoms with van der Waals surface area (Å²) in [5.41, 5.74) is -2.51. The van der Waals surface area contributed by atoms with Gasteiger partial charge in [-0.15, -0.1) is 0 Å². The van der Waals surface area contributed by atoms with E-state index in [9.17, 15) is 22.7 Å². The first kappa shape index (κ1) is 14.8. The highest BCUT2D eigenvalue weighted by atomic mass is 19.4. The van der Waals surface area contributed by atoms with Crippen LogP contribution < -0.4 is 0 Å². The molecule has 2 unspecified atom stereocenters. The van der Waals surface area contributed by atoms with E-state index in [4.69, 9.17) is 0 Å². The molecular formula is C15H17F4NO. The van der Waals surface area contributed by atoms with Crippen LogP contribution >= 0.6 is 0 Å². The van der Waals surface area contributed by atoms with Crippen molar-refractivity contribution in [2.24, 2.45) is 0 Å². The zero-order chi connectivity index (χ0) is 15.4. The van der Waals surface area contributed by atoms with E-state index < -0.39 is 23.2 Å². The summed E-state index contributed by atoms with van der Waals surface area (Å²) in [5.74, 6) is -1.31. The molecule has 2 atom stereocenters. The Morgan fingerprint density at radius 1 is 1.29 bits per heavy atom. The van der Waals surface area contributed by atoms with E-state index in [0.717, 1.165) is 25.0 Å². The van der Waals surface area contributed by atoms with Crippen LogP contribution in [0, 0.1) is 5.82 Å². The molecule has 0 amide bonds. The number of benzene rings is 1. The van der Waals surface area contributed by atoms with E-state index in [0.29, 0.717) is 19.0 Å². The lowest BCUT2D eigenvalue weighted by Crippen LogP contribution is -2.33. The van der Waals surface area contributed by atoms with Gasteiger partial charge in [-0.25, -0.2) is 4.39 Å². The molecule has 2 aliphatic rings. The summed E-state index contributed by atoms with van der Waals surface area (Å²) >= 11 is 0. The zero-order valence-electron chi connectivity index (χ0n) is 11.6. The fourth-order valence-electron chi connectivity index (χ4n) is 3.26. The van der Waals surface area contributed by atoms with Crippen molar-refractivity contribution >= 4 is 0 Å². The fourth-order valence-corrected chi connectivity index (χ4v) is 3.26. The highest BCUT2D eigenvalue weighted by Gasteiger charge is 2.47. The van der Waals surface area contributed by atoms with Crippen LogP contribution in [0.25, 0.3) is 0 Å². The molecule has 3 rings (SSSR count). The number of aliphatic hydroxyl groups is 1. The molecular weight excluding hydrogens is 286 g/mol. The first-order chi connectivity index (χ1) is 9.71. The molecule has 2 nitrogen and oxygen atoms in total. The van der Waals surface area contributed by atoms with Gasteiger partial charge in [-0.3, -0.25) is 4.90 Å². The van der Waals surface area contributed by atoms with Gasteiger partial charge in [-0.2, -0.15) is 13.2 Å². The molecule has 1 N–H and O–H groups in total. The summed E-state index contributed by atoms with van der Waals surface area (Å²) in [5, 5.41) is 10.7. The van der Waals surface area contributed by atoms with Crippen molar-refractivity contribution in [1.82, 2.24) is 4.90 Å². The highest BCUT2D eigenvalue weighted by molar-refractivity contribution is 5.33. The lowest BCUT2D eigenvalue weighted by Gasteiger charge is -2.25. The van der Waals surface area contributed by atoms with Crippen molar-refractivity contribution in [2.75, 3.05) is 6.54 Å². The summed E-state index contributed by atoms with van der Waals surface area (Å²) in [6.07, 6.45) is -2.25. The van der Waals surface area contributed by atoms with Crippen LogP contribution in [0.3, 0.4) is 0 Å². The molecule has 0 aromatic heterocycles. The first-order valence-electron chi connectivity index (χ1n) is 7.06. The molecule has 1 saturated carbocycles. The zero-order valence-corrected chi connectivity index (χ0v) is 11.6. The Labute approximate surface area is 120 Å². The van der Waals surface area contributed by atoms with E-state index in [2.05, 4.69) is 4.90 Å². The molecule has 1 heterocycles. The van der Waals surface area contributed by atoms with Gasteiger partial charge in [0.1, 0.15) is 11.4 Å². The van der Waals surface area contributed by atoms with Crippen LogP contribution in [0.1, 0.15) is 37.3 Å². The number of hydrogen-bond acceptors (Lipinski definition) is 2. The van der Waals surface area contributed by atoms with Crippen molar-refractivity contribution in [2.45, 2.75) is 50.0 Å². The average Bonchev–Trinajstić information content (AvgIpc) is 3.15. The van der Waals surface area contributed by atoms with Gasteiger partial charge in [-0.1, -0.05) is 6.07 Å². The number of likely N-dealkylation sites (tertiary alicyclic amines) is 1. The molecule has 1 aromatic carbocycles. The van der Waals surface area contributed by atoms with E-state index >= 15 is 0 Å². The molecule has 6 heteroatoms. The van der Waals surface area contributed by atoms with Crippen LogP contribution in [0.4, 0.5) is 17.6 Å². The van der Waals surface area contributed by atoms with Gasteiger partial charge in [0.2, 0.25) is 0 Å². The number of β-amino-alcohol motifs (C(OH)–C–C–N with tert-alkyl or cyclic N) is 1. The van der Waals surface area contributed by atoms with Crippen molar-refractivity contribution in [3.8, 4) is 0 Å². The van der Waals surface area contributed by atoms with Gasteiger partial charge < -0.3 is 5.11 Å². The molecule has 1 aromatic rings. The molecule has 116 valence electrons. The third-order valence-electron chi connectivity index (χ3n) is 4.47. The third kappa shape index (κ3) is 2.66. The van der Waals surface area contributed by atoms with E-state index in [-0.39, 0.29) is 11.6 Å². The van der Waals surface area contributed by atoms with E-state index in [1.165, 1.54) is 6.07 Å². The van der Waals surface area contributed by atoms with Crippen LogP contribution in [0.15, 0.2) is 18.2 Å². The number of nitrogens with zero attached hydrogens (tertiary/aromatic N) is 1. The van der Waals surface area contributed by atoms with Crippen molar-refractivity contribution in [3.63, 3.8) is 0 Å². The Kier molecular flexibility index (Phi) is 3.29. The lowest BCUT2D eigenvalue weighted by molar-refractivity contribution is -0.140. The Balaban J connectivity index is 1.93. The monoisotopic (exact) mass is 303 g/mol. The van der Waals surface area contributed by atoms with Crippen molar-refractivity contribution in [1.29, 1.82) is 0 Å². The summed E-state index contributed by atoms with van der Waals surface area (Å²) in [6, 6.07) is 3.34. The molecule has 0 bridgehead atoms. The quantitative estimate of drug-likeness (QED) is 0.848. The maximum atomic E-state index is 13.4. The summed E-state index contributed by atoms with van der Waals surface area (Å²) in [4.78, 5) is 2.14. The molecule has 2 fully saturated rings. The number of halogens is 4. The molecule has 1 aliphatic heterocycles. The third-order valence-corrected chi connectivity index (χ3v) is 4.47. The Morgan fingerprint density at radius 2 is 1.95 bits per heavy atom. The molecule has 0 radical (unpaired) electrons. The second-order valence-electron chi connectivity index (χ2n) is 6.18. The summed E-state index contributed by atoms with van der Waals surface area (Å²) in [6.45, 7) is 2.27. The van der Waals surface area contributed by atoms with Gasteiger partial charge in [0.05, 0.1) is 5.56 Å². The minimum Gasteiger partial charge on any atom is -0.384 e. The highest BCUT2D eigenvalue weighted by Crippen LogP contribution is 2.43. The van der Waals surface area contributed by atoms with E-state index in [1.807, 2.05) is 6.92 Å². The Morgan fingerprint density at radius 3 is 2.52 bits per heavy atom. The SMILES string of the molecule is CC1CC(O)(c2ccc(F)c(C(F)(F)F)c2)CN1C1CC1. The smallest absolute Gasteiger partial charge is 0.384 e. The van der Waals surface area contributed by atoms with Gasteiger partial charge in [0.25, 0.3) is 0 Å². The average molecular weight is 303 g/mol. The largest absolute Gasteiger partial charge is 0.419 e. The maximum Gasteiger partial charge on any atom is 0.419 e. The molecule has 0 spiro atoms. The molecule has 21 heavy (non-hydrogen) atoms. The fraction of sp³-hybridized carbons (Fsp3) is 0.600. The first-order valence-corrected chi connectivity index (χ1v) is 7.06. The van der Waals surface area contributed by atoms with Crippen LogP contribution in [-0.2, 0) is 11.8 Å². The molecule has 1 aliphatic carbocycles. The van der Waals surface area contributed by atoms with Gasteiger partial charge in [0, 0.05) is 18.6 Å². The van der Waals surface area contributed by atoms with Crippen molar-refractivity contribution in [3.05, 3.63) is 35.1 Å². The second-order valence-corrected chi connectivity index (χ2v) is 6.18. The number of rotatable bonds is 2. The predicted octanol–water partition coefficient (Wildman–Crippen LogP) is 3.29. The van der Waals surface area contributed by atoms with Gasteiger partial charge >= 0.3 is 6.18 Å². The lowest BCUT2D eigenvalue weighted by atomic mass is 9.90. The predicted molar refractivity (Wildman–Crippen MR) is 69.1 cm³/mol. The summed E-state index contributed by atoms with van der Waals surface area (Å²) in [7, 11) is 0. The normalized spacial score (nSPS) is 30.9. The van der Waals surface area contributed by atoms with Gasteiger partial charge in [-0.05, 0) is 43.9 Å². The second kappa shape index (κ2) is 4.68. The number of alkyl halides is 3. The van der Waals surface area contributed by atoms with Crippen LogP contribution in [0.2, 0.25) is 0 Å². The maximum absolute atomic E-state index is 13.4. The topological polar surface area (TPSA) is 23.5 Å². The standard InChI is InChI=1S/C15H17F4NO/c1-9-7-14(21,8-20(9)11-3-4-11)10-2-5-13(16)12(6-10)15(17,18)19/h2,5-6,9,11,21H,3-4,7-8H2,1H3. The van der Waals surface area contributed by atoms with E-state index in [1.54, 1.807) is 0 Å².